The minimum atomic E-state index is 0.473. The zero-order valence-electron chi connectivity index (χ0n) is 6.89. The topological polar surface area (TPSA) is 21.3 Å². The predicted octanol–water partition coefficient (Wildman–Crippen LogP) is 1.02. The molecule has 0 aliphatic carbocycles. The first kappa shape index (κ1) is 8.02. The van der Waals surface area contributed by atoms with Crippen LogP contribution in [0, 0.1) is 5.92 Å². The van der Waals surface area contributed by atoms with Gasteiger partial charge < -0.3 is 10.1 Å². The van der Waals surface area contributed by atoms with E-state index in [4.69, 9.17) is 4.74 Å². The maximum atomic E-state index is 5.57. The summed E-state index contributed by atoms with van der Waals surface area (Å²) < 4.78 is 5.57. The Balaban J connectivity index is 2.13. The Morgan fingerprint density at radius 2 is 2.30 bits per heavy atom. The van der Waals surface area contributed by atoms with Crippen LogP contribution >= 0.6 is 0 Å². The molecule has 1 N–H and O–H groups in total. The van der Waals surface area contributed by atoms with Crippen LogP contribution in [0.5, 0.6) is 0 Å². The van der Waals surface area contributed by atoms with Crippen LogP contribution in [0.2, 0.25) is 0 Å². The largest absolute Gasteiger partial charge is 0.377 e. The Hall–Kier alpha value is -0.0800. The molecule has 2 atom stereocenters. The maximum Gasteiger partial charge on any atom is 0.0699 e. The second kappa shape index (κ2) is 3.94. The summed E-state index contributed by atoms with van der Waals surface area (Å²) >= 11 is 0. The van der Waals surface area contributed by atoms with Crippen molar-refractivity contribution in [2.75, 3.05) is 20.2 Å². The van der Waals surface area contributed by atoms with Crippen LogP contribution in [0.25, 0.3) is 0 Å². The van der Waals surface area contributed by atoms with E-state index in [9.17, 15) is 0 Å². The van der Waals surface area contributed by atoms with E-state index in [0.717, 1.165) is 19.1 Å². The highest BCUT2D eigenvalue weighted by atomic mass is 16.5. The zero-order valence-corrected chi connectivity index (χ0v) is 6.89. The van der Waals surface area contributed by atoms with Gasteiger partial charge in [-0.15, -0.1) is 0 Å². The third-order valence-corrected chi connectivity index (χ3v) is 2.03. The molecule has 1 aliphatic heterocycles. The van der Waals surface area contributed by atoms with E-state index in [1.165, 1.54) is 12.8 Å². The van der Waals surface area contributed by atoms with Gasteiger partial charge >= 0.3 is 0 Å². The number of likely N-dealkylation sites (N-methyl/N-ethyl adjacent to an activating group) is 1. The van der Waals surface area contributed by atoms with Crippen LogP contribution < -0.4 is 5.32 Å². The van der Waals surface area contributed by atoms with Crippen molar-refractivity contribution in [3.05, 3.63) is 0 Å². The average Bonchev–Trinajstić information content (AvgIpc) is 1.95. The lowest BCUT2D eigenvalue weighted by Gasteiger charge is -2.26. The lowest BCUT2D eigenvalue weighted by Crippen LogP contribution is -2.32. The summed E-state index contributed by atoms with van der Waals surface area (Å²) in [6.45, 7) is 4.20. The Morgan fingerprint density at radius 3 is 2.80 bits per heavy atom. The van der Waals surface area contributed by atoms with E-state index in [1.807, 2.05) is 7.05 Å². The SMILES string of the molecule is CNCC1CCC(C)CO1. The molecule has 1 aliphatic rings. The van der Waals surface area contributed by atoms with E-state index in [0.29, 0.717) is 6.10 Å². The molecule has 1 heterocycles. The van der Waals surface area contributed by atoms with Crippen molar-refractivity contribution in [2.24, 2.45) is 5.92 Å². The summed E-state index contributed by atoms with van der Waals surface area (Å²) in [5, 5.41) is 3.13. The molecule has 0 saturated carbocycles. The molecule has 2 heteroatoms. The fourth-order valence-electron chi connectivity index (χ4n) is 1.33. The van der Waals surface area contributed by atoms with Gasteiger partial charge in [-0.25, -0.2) is 0 Å². The molecule has 2 nitrogen and oxygen atoms in total. The zero-order chi connectivity index (χ0) is 7.40. The molecule has 1 fully saturated rings. The summed E-state index contributed by atoms with van der Waals surface area (Å²) in [4.78, 5) is 0. The standard InChI is InChI=1S/C8H17NO/c1-7-3-4-8(5-9-2)10-6-7/h7-9H,3-6H2,1-2H3. The third kappa shape index (κ3) is 2.27. The Bertz CT molecular complexity index is 87.3. The fourth-order valence-corrected chi connectivity index (χ4v) is 1.33. The first-order valence-electron chi connectivity index (χ1n) is 4.09. The molecule has 2 unspecified atom stereocenters. The number of rotatable bonds is 2. The van der Waals surface area contributed by atoms with Crippen molar-refractivity contribution >= 4 is 0 Å². The van der Waals surface area contributed by atoms with Crippen LogP contribution in [0.15, 0.2) is 0 Å². The molecular weight excluding hydrogens is 126 g/mol. The van der Waals surface area contributed by atoms with Crippen molar-refractivity contribution in [3.8, 4) is 0 Å². The number of nitrogens with one attached hydrogen (secondary N) is 1. The van der Waals surface area contributed by atoms with Crippen molar-refractivity contribution in [1.82, 2.24) is 5.32 Å². The molecule has 60 valence electrons. The van der Waals surface area contributed by atoms with Crippen LogP contribution in [0.1, 0.15) is 19.8 Å². The lowest BCUT2D eigenvalue weighted by atomic mass is 10.0. The van der Waals surface area contributed by atoms with Crippen molar-refractivity contribution in [1.29, 1.82) is 0 Å². The van der Waals surface area contributed by atoms with Gasteiger partial charge in [0, 0.05) is 13.2 Å². The molecule has 0 aromatic heterocycles. The molecule has 0 amide bonds. The van der Waals surface area contributed by atoms with Crippen LogP contribution in [0.4, 0.5) is 0 Å². The van der Waals surface area contributed by atoms with Gasteiger partial charge in [0.2, 0.25) is 0 Å². The average molecular weight is 143 g/mol. The van der Waals surface area contributed by atoms with Crippen LogP contribution in [-0.2, 0) is 4.74 Å². The van der Waals surface area contributed by atoms with Gasteiger partial charge in [-0.05, 0) is 25.8 Å². The highest BCUT2D eigenvalue weighted by Crippen LogP contribution is 2.17. The fraction of sp³-hybridized carbons (Fsp3) is 1.00. The van der Waals surface area contributed by atoms with Crippen molar-refractivity contribution < 1.29 is 4.74 Å². The summed E-state index contributed by atoms with van der Waals surface area (Å²) in [7, 11) is 1.97. The minimum Gasteiger partial charge on any atom is -0.377 e. The molecule has 0 spiro atoms. The first-order valence-corrected chi connectivity index (χ1v) is 4.09. The van der Waals surface area contributed by atoms with E-state index < -0.39 is 0 Å². The smallest absolute Gasteiger partial charge is 0.0699 e. The van der Waals surface area contributed by atoms with Gasteiger partial charge in [0.25, 0.3) is 0 Å². The molecule has 0 radical (unpaired) electrons. The van der Waals surface area contributed by atoms with Gasteiger partial charge in [-0.3, -0.25) is 0 Å². The second-order valence-electron chi connectivity index (χ2n) is 3.20. The third-order valence-electron chi connectivity index (χ3n) is 2.03. The van der Waals surface area contributed by atoms with Crippen LogP contribution in [-0.4, -0.2) is 26.3 Å². The predicted molar refractivity (Wildman–Crippen MR) is 42.1 cm³/mol. The maximum absolute atomic E-state index is 5.57. The first-order chi connectivity index (χ1) is 4.83. The Kier molecular flexibility index (Phi) is 3.16. The summed E-state index contributed by atoms with van der Waals surface area (Å²) in [6, 6.07) is 0. The highest BCUT2D eigenvalue weighted by molar-refractivity contribution is 4.68. The molecule has 10 heavy (non-hydrogen) atoms. The Labute approximate surface area is 63.0 Å². The molecule has 1 rings (SSSR count). The van der Waals surface area contributed by atoms with Crippen LogP contribution in [0.3, 0.4) is 0 Å². The number of hydrogen-bond acceptors (Lipinski definition) is 2. The summed E-state index contributed by atoms with van der Waals surface area (Å²) in [6.07, 6.45) is 3.02. The number of ether oxygens (including phenoxy) is 1. The van der Waals surface area contributed by atoms with E-state index in [1.54, 1.807) is 0 Å². The van der Waals surface area contributed by atoms with Gasteiger partial charge in [0.1, 0.15) is 0 Å². The van der Waals surface area contributed by atoms with Crippen molar-refractivity contribution in [2.45, 2.75) is 25.9 Å². The quantitative estimate of drug-likeness (QED) is 0.623. The summed E-state index contributed by atoms with van der Waals surface area (Å²) in [5.74, 6) is 0.771. The van der Waals surface area contributed by atoms with Gasteiger partial charge in [-0.2, -0.15) is 0 Å². The van der Waals surface area contributed by atoms with Gasteiger partial charge in [0.15, 0.2) is 0 Å². The second-order valence-corrected chi connectivity index (χ2v) is 3.20. The number of hydrogen-bond donors (Lipinski definition) is 1. The Morgan fingerprint density at radius 1 is 1.50 bits per heavy atom. The van der Waals surface area contributed by atoms with Gasteiger partial charge in [-0.1, -0.05) is 6.92 Å². The molecule has 1 saturated heterocycles. The van der Waals surface area contributed by atoms with Crippen molar-refractivity contribution in [3.63, 3.8) is 0 Å². The molecule has 0 aromatic rings. The van der Waals surface area contributed by atoms with E-state index in [-0.39, 0.29) is 0 Å². The summed E-state index contributed by atoms with van der Waals surface area (Å²) in [5.41, 5.74) is 0. The lowest BCUT2D eigenvalue weighted by molar-refractivity contribution is -0.00874. The molecular formula is C8H17NO. The normalized spacial score (nSPS) is 34.2. The molecule has 0 bridgehead atoms. The highest BCUT2D eigenvalue weighted by Gasteiger charge is 2.17. The van der Waals surface area contributed by atoms with E-state index in [2.05, 4.69) is 12.2 Å². The minimum absolute atomic E-state index is 0.473. The van der Waals surface area contributed by atoms with Gasteiger partial charge in [0.05, 0.1) is 6.10 Å². The molecule has 0 aromatic carbocycles. The van der Waals surface area contributed by atoms with E-state index >= 15 is 0 Å². The monoisotopic (exact) mass is 143 g/mol.